The lowest BCUT2D eigenvalue weighted by Gasteiger charge is -2.11. The normalized spacial score (nSPS) is 11.9. The summed E-state index contributed by atoms with van der Waals surface area (Å²) in [6.07, 6.45) is 2.68. The number of nitrogens with two attached hydrogens (primary N) is 1. The number of aromatic nitrogens is 2. The number of carbonyl (C=O) groups excluding carboxylic acids is 2. The molecule has 1 rings (SSSR count). The van der Waals surface area contributed by atoms with Crippen molar-refractivity contribution in [1.82, 2.24) is 20.4 Å². The van der Waals surface area contributed by atoms with E-state index in [0.717, 1.165) is 6.42 Å². The van der Waals surface area contributed by atoms with Crippen molar-refractivity contribution in [2.24, 2.45) is 7.05 Å². The lowest BCUT2D eigenvalue weighted by atomic mass is 10.2. The van der Waals surface area contributed by atoms with Crippen LogP contribution in [0.2, 0.25) is 0 Å². The summed E-state index contributed by atoms with van der Waals surface area (Å²) >= 11 is 0. The molecule has 2 amide bonds. The molecule has 0 saturated heterocycles. The van der Waals surface area contributed by atoms with Crippen LogP contribution >= 0.6 is 0 Å². The van der Waals surface area contributed by atoms with Gasteiger partial charge in [-0.2, -0.15) is 5.10 Å². The van der Waals surface area contributed by atoms with Crippen LogP contribution in [-0.4, -0.2) is 34.2 Å². The quantitative estimate of drug-likeness (QED) is 0.677. The Labute approximate surface area is 112 Å². The van der Waals surface area contributed by atoms with E-state index < -0.39 is 0 Å². The first-order valence-electron chi connectivity index (χ1n) is 6.30. The highest BCUT2D eigenvalue weighted by Crippen LogP contribution is 2.07. The standard InChI is InChI=1S/C12H21N5O2/c1-4-8(2)15-10(18)5-6-14-12(19)11-9(13)7-17(3)16-11/h7-8H,4-6,13H2,1-3H3,(H,14,19)(H,15,18). The number of anilines is 1. The summed E-state index contributed by atoms with van der Waals surface area (Å²) in [6.45, 7) is 4.19. The second-order valence-corrected chi connectivity index (χ2v) is 4.49. The summed E-state index contributed by atoms with van der Waals surface area (Å²) in [5.74, 6) is -0.446. The molecule has 0 aromatic carbocycles. The topological polar surface area (TPSA) is 102 Å². The van der Waals surface area contributed by atoms with Gasteiger partial charge in [-0.1, -0.05) is 6.92 Å². The van der Waals surface area contributed by atoms with Gasteiger partial charge in [0.15, 0.2) is 5.69 Å². The molecule has 0 radical (unpaired) electrons. The van der Waals surface area contributed by atoms with Crippen LogP contribution in [0.4, 0.5) is 5.69 Å². The second kappa shape index (κ2) is 6.77. The third-order valence-corrected chi connectivity index (χ3v) is 2.73. The summed E-state index contributed by atoms with van der Waals surface area (Å²) in [7, 11) is 1.69. The zero-order valence-corrected chi connectivity index (χ0v) is 11.6. The van der Waals surface area contributed by atoms with Gasteiger partial charge in [0, 0.05) is 32.3 Å². The molecule has 0 aliphatic heterocycles. The Balaban J connectivity index is 2.35. The zero-order chi connectivity index (χ0) is 14.4. The van der Waals surface area contributed by atoms with Crippen LogP contribution in [0.1, 0.15) is 37.2 Å². The van der Waals surface area contributed by atoms with Gasteiger partial charge in [0.25, 0.3) is 5.91 Å². The molecule has 0 aliphatic rings. The van der Waals surface area contributed by atoms with Crippen molar-refractivity contribution in [2.75, 3.05) is 12.3 Å². The molecule has 0 aliphatic carbocycles. The summed E-state index contributed by atoms with van der Waals surface area (Å²) in [5, 5.41) is 9.39. The highest BCUT2D eigenvalue weighted by molar-refractivity contribution is 5.97. The van der Waals surface area contributed by atoms with Gasteiger partial charge in [-0.15, -0.1) is 0 Å². The zero-order valence-electron chi connectivity index (χ0n) is 11.6. The van der Waals surface area contributed by atoms with Gasteiger partial charge in [-0.25, -0.2) is 0 Å². The lowest BCUT2D eigenvalue weighted by molar-refractivity contribution is -0.121. The van der Waals surface area contributed by atoms with Crippen LogP contribution in [0, 0.1) is 0 Å². The van der Waals surface area contributed by atoms with Crippen LogP contribution in [-0.2, 0) is 11.8 Å². The predicted octanol–water partition coefficient (Wildman–Crippen LogP) is 0.0369. The fourth-order valence-corrected chi connectivity index (χ4v) is 1.51. The minimum absolute atomic E-state index is 0.0800. The third-order valence-electron chi connectivity index (χ3n) is 2.73. The maximum Gasteiger partial charge on any atom is 0.273 e. The van der Waals surface area contributed by atoms with Crippen LogP contribution in [0.3, 0.4) is 0 Å². The van der Waals surface area contributed by atoms with Gasteiger partial charge in [0.2, 0.25) is 5.91 Å². The third kappa shape index (κ3) is 4.61. The van der Waals surface area contributed by atoms with Crippen molar-refractivity contribution in [2.45, 2.75) is 32.7 Å². The van der Waals surface area contributed by atoms with Gasteiger partial charge in [0.05, 0.1) is 5.69 Å². The van der Waals surface area contributed by atoms with Crippen molar-refractivity contribution < 1.29 is 9.59 Å². The number of hydrogen-bond acceptors (Lipinski definition) is 4. The number of amides is 2. The molecule has 0 saturated carbocycles. The van der Waals surface area contributed by atoms with Gasteiger partial charge >= 0.3 is 0 Å². The molecule has 1 aromatic heterocycles. The van der Waals surface area contributed by atoms with Crippen molar-refractivity contribution in [1.29, 1.82) is 0 Å². The molecule has 1 heterocycles. The van der Waals surface area contributed by atoms with E-state index in [2.05, 4.69) is 15.7 Å². The molecular formula is C12H21N5O2. The maximum absolute atomic E-state index is 11.7. The average Bonchev–Trinajstić information content (AvgIpc) is 2.68. The highest BCUT2D eigenvalue weighted by atomic mass is 16.2. The van der Waals surface area contributed by atoms with Crippen molar-refractivity contribution in [3.63, 3.8) is 0 Å². The first-order valence-corrected chi connectivity index (χ1v) is 6.30. The van der Waals surface area contributed by atoms with E-state index in [1.807, 2.05) is 13.8 Å². The number of nitrogen functional groups attached to an aromatic ring is 1. The van der Waals surface area contributed by atoms with Crippen LogP contribution in [0.25, 0.3) is 0 Å². The Morgan fingerprint density at radius 3 is 2.74 bits per heavy atom. The Hall–Kier alpha value is -2.05. The molecular weight excluding hydrogens is 246 g/mol. The lowest BCUT2D eigenvalue weighted by Crippen LogP contribution is -2.35. The fraction of sp³-hybridized carbons (Fsp3) is 0.583. The number of carbonyl (C=O) groups is 2. The SMILES string of the molecule is CCC(C)NC(=O)CCNC(=O)c1nn(C)cc1N. The van der Waals surface area contributed by atoms with Gasteiger partial charge in [-0.3, -0.25) is 14.3 Å². The van der Waals surface area contributed by atoms with Crippen molar-refractivity contribution in [3.05, 3.63) is 11.9 Å². The number of nitrogens with zero attached hydrogens (tertiary/aromatic N) is 2. The summed E-state index contributed by atoms with van der Waals surface area (Å²) in [5.41, 5.74) is 6.14. The van der Waals surface area contributed by atoms with E-state index in [1.54, 1.807) is 13.2 Å². The molecule has 4 N–H and O–H groups in total. The summed E-state index contributed by atoms with van der Waals surface area (Å²) in [6, 6.07) is 0.148. The minimum Gasteiger partial charge on any atom is -0.396 e. The second-order valence-electron chi connectivity index (χ2n) is 4.49. The Kier molecular flexibility index (Phi) is 5.35. The molecule has 106 valence electrons. The van der Waals surface area contributed by atoms with E-state index in [0.29, 0.717) is 5.69 Å². The van der Waals surface area contributed by atoms with E-state index >= 15 is 0 Å². The monoisotopic (exact) mass is 267 g/mol. The molecule has 0 spiro atoms. The van der Waals surface area contributed by atoms with Gasteiger partial charge in [-0.05, 0) is 13.3 Å². The number of rotatable bonds is 6. The van der Waals surface area contributed by atoms with Crippen LogP contribution < -0.4 is 16.4 Å². The Bertz CT molecular complexity index is 455. The molecule has 7 nitrogen and oxygen atoms in total. The Morgan fingerprint density at radius 1 is 1.53 bits per heavy atom. The predicted molar refractivity (Wildman–Crippen MR) is 72.5 cm³/mol. The molecule has 1 aromatic rings. The first-order chi connectivity index (χ1) is 8.93. The van der Waals surface area contributed by atoms with Crippen molar-refractivity contribution >= 4 is 17.5 Å². The van der Waals surface area contributed by atoms with Gasteiger partial charge < -0.3 is 16.4 Å². The molecule has 1 unspecified atom stereocenters. The minimum atomic E-state index is -0.366. The number of hydrogen-bond donors (Lipinski definition) is 3. The average molecular weight is 267 g/mol. The van der Waals surface area contributed by atoms with E-state index in [1.165, 1.54) is 4.68 Å². The molecule has 1 atom stereocenters. The van der Waals surface area contributed by atoms with Crippen molar-refractivity contribution in [3.8, 4) is 0 Å². The first kappa shape index (κ1) is 15.0. The Morgan fingerprint density at radius 2 is 2.21 bits per heavy atom. The van der Waals surface area contributed by atoms with E-state index in [9.17, 15) is 9.59 Å². The smallest absolute Gasteiger partial charge is 0.273 e. The van der Waals surface area contributed by atoms with Crippen LogP contribution in [0.5, 0.6) is 0 Å². The summed E-state index contributed by atoms with van der Waals surface area (Å²) < 4.78 is 1.47. The van der Waals surface area contributed by atoms with E-state index in [-0.39, 0.29) is 36.5 Å². The molecule has 0 bridgehead atoms. The molecule has 7 heteroatoms. The number of nitrogens with one attached hydrogen (secondary N) is 2. The van der Waals surface area contributed by atoms with Gasteiger partial charge in [0.1, 0.15) is 0 Å². The van der Waals surface area contributed by atoms with E-state index in [4.69, 9.17) is 5.73 Å². The maximum atomic E-state index is 11.7. The summed E-state index contributed by atoms with van der Waals surface area (Å²) in [4.78, 5) is 23.2. The number of aryl methyl sites for hydroxylation is 1. The molecule has 19 heavy (non-hydrogen) atoms. The van der Waals surface area contributed by atoms with Crippen LogP contribution in [0.15, 0.2) is 6.20 Å². The fourth-order valence-electron chi connectivity index (χ4n) is 1.51. The largest absolute Gasteiger partial charge is 0.396 e. The highest BCUT2D eigenvalue weighted by Gasteiger charge is 2.14. The molecule has 0 fully saturated rings.